The van der Waals surface area contributed by atoms with E-state index in [2.05, 4.69) is 15.5 Å². The monoisotopic (exact) mass is 100 g/mol. The van der Waals surface area contributed by atoms with Crippen molar-refractivity contribution in [1.82, 2.24) is 5.32 Å². The van der Waals surface area contributed by atoms with Crippen LogP contribution in [0, 0.1) is 0 Å². The molecule has 1 aliphatic heterocycles. The standard InChI is InChI=1S/C3H8N4/c4-1-3-5-2-6-7-3/h3,5H,1-2,4H2. The molecule has 0 spiro atoms. The Morgan fingerprint density at radius 3 is 3.00 bits per heavy atom. The maximum Gasteiger partial charge on any atom is 0.134 e. The summed E-state index contributed by atoms with van der Waals surface area (Å²) < 4.78 is 0. The molecule has 0 aliphatic carbocycles. The molecule has 0 saturated heterocycles. The summed E-state index contributed by atoms with van der Waals surface area (Å²) in [4.78, 5) is 0. The van der Waals surface area contributed by atoms with Gasteiger partial charge in [0.05, 0.1) is 0 Å². The lowest BCUT2D eigenvalue weighted by atomic mass is 10.5. The fraction of sp³-hybridized carbons (Fsp3) is 1.00. The van der Waals surface area contributed by atoms with E-state index >= 15 is 0 Å². The van der Waals surface area contributed by atoms with Crippen molar-refractivity contribution in [3.63, 3.8) is 0 Å². The Bertz CT molecular complexity index is 79.0. The molecule has 3 N–H and O–H groups in total. The minimum atomic E-state index is 0.0833. The number of hydrogen-bond donors (Lipinski definition) is 2. The van der Waals surface area contributed by atoms with Crippen molar-refractivity contribution in [1.29, 1.82) is 0 Å². The SMILES string of the molecule is NCC1N=NCN1. The van der Waals surface area contributed by atoms with Gasteiger partial charge in [-0.2, -0.15) is 10.2 Å². The molecular formula is C3H8N4. The lowest BCUT2D eigenvalue weighted by Crippen LogP contribution is -2.29. The number of hydrogen-bond acceptors (Lipinski definition) is 4. The minimum absolute atomic E-state index is 0.0833. The van der Waals surface area contributed by atoms with Crippen LogP contribution in [0.15, 0.2) is 10.2 Å². The summed E-state index contributed by atoms with van der Waals surface area (Å²) in [6, 6.07) is 0. The summed E-state index contributed by atoms with van der Waals surface area (Å²) in [6.07, 6.45) is 0.0833. The average molecular weight is 100 g/mol. The van der Waals surface area contributed by atoms with Crippen molar-refractivity contribution in [3.05, 3.63) is 0 Å². The molecule has 0 aromatic carbocycles. The second-order valence-corrected chi connectivity index (χ2v) is 1.37. The molecule has 4 nitrogen and oxygen atoms in total. The normalized spacial score (nSPS) is 29.0. The molecule has 1 rings (SSSR count). The fourth-order valence-corrected chi connectivity index (χ4v) is 0.457. The van der Waals surface area contributed by atoms with Gasteiger partial charge in [0, 0.05) is 6.54 Å². The fourth-order valence-electron chi connectivity index (χ4n) is 0.457. The zero-order valence-corrected chi connectivity index (χ0v) is 3.96. The smallest absolute Gasteiger partial charge is 0.134 e. The molecule has 0 fully saturated rings. The highest BCUT2D eigenvalue weighted by molar-refractivity contribution is 4.65. The third-order valence-corrected chi connectivity index (χ3v) is 0.842. The van der Waals surface area contributed by atoms with Gasteiger partial charge < -0.3 is 5.73 Å². The van der Waals surface area contributed by atoms with Gasteiger partial charge in [-0.15, -0.1) is 0 Å². The van der Waals surface area contributed by atoms with Crippen LogP contribution in [0.2, 0.25) is 0 Å². The van der Waals surface area contributed by atoms with Crippen molar-refractivity contribution in [2.45, 2.75) is 6.17 Å². The highest BCUT2D eigenvalue weighted by Gasteiger charge is 2.05. The van der Waals surface area contributed by atoms with Crippen LogP contribution in [-0.4, -0.2) is 19.4 Å². The van der Waals surface area contributed by atoms with Crippen LogP contribution in [0.5, 0.6) is 0 Å². The summed E-state index contributed by atoms with van der Waals surface area (Å²) in [5.74, 6) is 0. The highest BCUT2D eigenvalue weighted by Crippen LogP contribution is 1.90. The Morgan fingerprint density at radius 2 is 2.71 bits per heavy atom. The second kappa shape index (κ2) is 1.99. The minimum Gasteiger partial charge on any atom is -0.327 e. The van der Waals surface area contributed by atoms with E-state index in [0.717, 1.165) is 0 Å². The predicted octanol–water partition coefficient (Wildman–Crippen LogP) is -0.716. The number of nitrogens with zero attached hydrogens (tertiary/aromatic N) is 2. The van der Waals surface area contributed by atoms with Crippen molar-refractivity contribution in [3.8, 4) is 0 Å². The van der Waals surface area contributed by atoms with Crippen molar-refractivity contribution < 1.29 is 0 Å². The van der Waals surface area contributed by atoms with Gasteiger partial charge in [0.15, 0.2) is 0 Å². The Labute approximate surface area is 41.8 Å². The van der Waals surface area contributed by atoms with Gasteiger partial charge in [-0.05, 0) is 0 Å². The molecule has 1 unspecified atom stereocenters. The molecule has 0 aromatic rings. The molecule has 0 radical (unpaired) electrons. The van der Waals surface area contributed by atoms with Gasteiger partial charge in [-0.25, -0.2) is 0 Å². The van der Waals surface area contributed by atoms with Crippen LogP contribution in [0.4, 0.5) is 0 Å². The molecule has 7 heavy (non-hydrogen) atoms. The van der Waals surface area contributed by atoms with E-state index in [9.17, 15) is 0 Å². The molecule has 1 heterocycles. The zero-order chi connectivity index (χ0) is 5.11. The first-order valence-electron chi connectivity index (χ1n) is 2.23. The molecule has 1 aliphatic rings. The molecule has 0 bridgehead atoms. The van der Waals surface area contributed by atoms with Crippen LogP contribution >= 0.6 is 0 Å². The summed E-state index contributed by atoms with van der Waals surface area (Å²) in [5, 5.41) is 10.4. The van der Waals surface area contributed by atoms with E-state index in [1.54, 1.807) is 0 Å². The maximum absolute atomic E-state index is 5.22. The van der Waals surface area contributed by atoms with E-state index in [4.69, 9.17) is 5.73 Å². The third kappa shape index (κ3) is 0.942. The molecule has 1 atom stereocenters. The summed E-state index contributed by atoms with van der Waals surface area (Å²) in [5.41, 5.74) is 5.22. The lowest BCUT2D eigenvalue weighted by Gasteiger charge is -1.97. The van der Waals surface area contributed by atoms with E-state index in [0.29, 0.717) is 13.2 Å². The van der Waals surface area contributed by atoms with E-state index < -0.39 is 0 Å². The number of nitrogens with two attached hydrogens (primary N) is 1. The first-order chi connectivity index (χ1) is 3.43. The van der Waals surface area contributed by atoms with E-state index in [-0.39, 0.29) is 6.17 Å². The van der Waals surface area contributed by atoms with Gasteiger partial charge >= 0.3 is 0 Å². The van der Waals surface area contributed by atoms with Crippen LogP contribution in [0.3, 0.4) is 0 Å². The number of rotatable bonds is 1. The first kappa shape index (κ1) is 4.67. The van der Waals surface area contributed by atoms with Crippen molar-refractivity contribution in [2.75, 3.05) is 13.2 Å². The van der Waals surface area contributed by atoms with Crippen LogP contribution in [0.1, 0.15) is 0 Å². The quantitative estimate of drug-likeness (QED) is 0.457. The maximum atomic E-state index is 5.22. The van der Waals surface area contributed by atoms with E-state index in [1.165, 1.54) is 0 Å². The Balaban J connectivity index is 2.28. The van der Waals surface area contributed by atoms with Gasteiger partial charge in [-0.3, -0.25) is 5.32 Å². The van der Waals surface area contributed by atoms with E-state index in [1.807, 2.05) is 0 Å². The molecule has 40 valence electrons. The summed E-state index contributed by atoms with van der Waals surface area (Å²) in [6.45, 7) is 1.17. The summed E-state index contributed by atoms with van der Waals surface area (Å²) >= 11 is 0. The third-order valence-electron chi connectivity index (χ3n) is 0.842. The predicted molar refractivity (Wildman–Crippen MR) is 25.7 cm³/mol. The van der Waals surface area contributed by atoms with Gasteiger partial charge in [0.2, 0.25) is 0 Å². The Hall–Kier alpha value is -0.480. The first-order valence-corrected chi connectivity index (χ1v) is 2.23. The molecule has 0 saturated carbocycles. The molecule has 4 heteroatoms. The van der Waals surface area contributed by atoms with Crippen molar-refractivity contribution in [2.24, 2.45) is 16.0 Å². The Kier molecular flexibility index (Phi) is 1.33. The number of nitrogens with one attached hydrogen (secondary N) is 1. The van der Waals surface area contributed by atoms with Crippen LogP contribution in [-0.2, 0) is 0 Å². The van der Waals surface area contributed by atoms with Gasteiger partial charge in [0.1, 0.15) is 12.8 Å². The Morgan fingerprint density at radius 1 is 1.86 bits per heavy atom. The topological polar surface area (TPSA) is 62.8 Å². The van der Waals surface area contributed by atoms with Crippen molar-refractivity contribution >= 4 is 0 Å². The van der Waals surface area contributed by atoms with Gasteiger partial charge in [-0.1, -0.05) is 0 Å². The lowest BCUT2D eigenvalue weighted by molar-refractivity contribution is 0.613. The highest BCUT2D eigenvalue weighted by atomic mass is 15.3. The second-order valence-electron chi connectivity index (χ2n) is 1.37. The molecule has 0 amide bonds. The largest absolute Gasteiger partial charge is 0.327 e. The summed E-state index contributed by atoms with van der Waals surface area (Å²) in [7, 11) is 0. The number of azo groups is 1. The molecule has 0 aromatic heterocycles. The molecular weight excluding hydrogens is 92.1 g/mol. The average Bonchev–Trinajstić information content (AvgIpc) is 2.14. The van der Waals surface area contributed by atoms with Crippen LogP contribution < -0.4 is 11.1 Å². The van der Waals surface area contributed by atoms with Gasteiger partial charge in [0.25, 0.3) is 0 Å². The van der Waals surface area contributed by atoms with Crippen LogP contribution in [0.25, 0.3) is 0 Å². The zero-order valence-electron chi connectivity index (χ0n) is 3.96.